The summed E-state index contributed by atoms with van der Waals surface area (Å²) in [6.45, 7) is 2.36. The molecule has 0 bridgehead atoms. The van der Waals surface area contributed by atoms with Crippen molar-refractivity contribution >= 4 is 17.5 Å². The van der Waals surface area contributed by atoms with E-state index in [9.17, 15) is 4.79 Å². The Labute approximate surface area is 168 Å². The summed E-state index contributed by atoms with van der Waals surface area (Å²) in [5, 5.41) is 19.9. The maximum absolute atomic E-state index is 12.2. The number of aromatic nitrogens is 2. The molecule has 1 fully saturated rings. The number of hydrogen-bond donors (Lipinski definition) is 1. The Kier molecular flexibility index (Phi) is 6.66. The van der Waals surface area contributed by atoms with Crippen LogP contribution in [0.2, 0.25) is 5.15 Å². The van der Waals surface area contributed by atoms with E-state index < -0.39 is 0 Å². The van der Waals surface area contributed by atoms with Crippen LogP contribution in [0.1, 0.15) is 48.7 Å². The molecule has 0 spiro atoms. The van der Waals surface area contributed by atoms with E-state index in [1.165, 1.54) is 0 Å². The molecule has 0 unspecified atom stereocenters. The van der Waals surface area contributed by atoms with Crippen molar-refractivity contribution in [1.29, 1.82) is 5.26 Å². The zero-order valence-electron chi connectivity index (χ0n) is 15.5. The first kappa shape index (κ1) is 19.9. The summed E-state index contributed by atoms with van der Waals surface area (Å²) in [7, 11) is 0. The molecule has 1 heterocycles. The minimum absolute atomic E-state index is 0.0610. The molecule has 1 aliphatic carbocycles. The molecule has 1 aliphatic rings. The summed E-state index contributed by atoms with van der Waals surface area (Å²) in [5.74, 6) is 0.973. The summed E-state index contributed by atoms with van der Waals surface area (Å²) in [4.78, 5) is 12.2. The third-order valence-corrected chi connectivity index (χ3v) is 4.75. The Hall–Kier alpha value is -2.85. The van der Waals surface area contributed by atoms with E-state index in [4.69, 9.17) is 26.3 Å². The van der Waals surface area contributed by atoms with Crippen molar-refractivity contribution in [3.8, 4) is 17.6 Å². The summed E-state index contributed by atoms with van der Waals surface area (Å²) in [6, 6.07) is 10.5. The molecule has 8 heteroatoms. The van der Waals surface area contributed by atoms with E-state index in [2.05, 4.69) is 21.6 Å². The molecule has 3 rings (SSSR count). The summed E-state index contributed by atoms with van der Waals surface area (Å²) in [6.07, 6.45) is 3.33. The number of amides is 1. The average molecular weight is 401 g/mol. The zero-order valence-corrected chi connectivity index (χ0v) is 16.3. The van der Waals surface area contributed by atoms with Crippen molar-refractivity contribution in [2.45, 2.75) is 44.8 Å². The van der Waals surface area contributed by atoms with Crippen LogP contribution in [0.5, 0.6) is 11.5 Å². The van der Waals surface area contributed by atoms with Gasteiger partial charge in [0, 0.05) is 12.1 Å². The van der Waals surface area contributed by atoms with Gasteiger partial charge in [0.1, 0.15) is 17.6 Å². The molecule has 0 aliphatic heterocycles. The second kappa shape index (κ2) is 9.38. The van der Waals surface area contributed by atoms with Crippen molar-refractivity contribution in [1.82, 2.24) is 15.5 Å². The fraction of sp³-hybridized carbons (Fsp3) is 0.400. The molecule has 1 amide bonds. The van der Waals surface area contributed by atoms with E-state index in [0.29, 0.717) is 23.7 Å². The number of nitrogens with zero attached hydrogens (tertiary/aromatic N) is 3. The SMILES string of the molecule is CCOc1cc(O[C@H]2CC[C@H](NC(=O)c3ccc(Cl)nn3)CC2)ccc1C#N. The van der Waals surface area contributed by atoms with E-state index in [1.54, 1.807) is 30.3 Å². The van der Waals surface area contributed by atoms with E-state index in [-0.39, 0.29) is 28.9 Å². The Morgan fingerprint density at radius 3 is 2.68 bits per heavy atom. The number of hydrogen-bond acceptors (Lipinski definition) is 6. The predicted molar refractivity (Wildman–Crippen MR) is 104 cm³/mol. The molecule has 1 aromatic heterocycles. The molecular weight excluding hydrogens is 380 g/mol. The van der Waals surface area contributed by atoms with Gasteiger partial charge in [-0.3, -0.25) is 4.79 Å². The third kappa shape index (κ3) is 5.11. The van der Waals surface area contributed by atoms with Gasteiger partial charge in [-0.1, -0.05) is 11.6 Å². The van der Waals surface area contributed by atoms with E-state index in [0.717, 1.165) is 25.7 Å². The van der Waals surface area contributed by atoms with Gasteiger partial charge in [0.2, 0.25) is 0 Å². The van der Waals surface area contributed by atoms with Gasteiger partial charge < -0.3 is 14.8 Å². The van der Waals surface area contributed by atoms with Crippen LogP contribution < -0.4 is 14.8 Å². The van der Waals surface area contributed by atoms with Gasteiger partial charge in [-0.15, -0.1) is 10.2 Å². The first-order valence-corrected chi connectivity index (χ1v) is 9.60. The van der Waals surface area contributed by atoms with Crippen molar-refractivity contribution in [2.75, 3.05) is 6.61 Å². The van der Waals surface area contributed by atoms with Crippen LogP contribution in [0.25, 0.3) is 0 Å². The number of benzene rings is 1. The summed E-state index contributed by atoms with van der Waals surface area (Å²) in [5.41, 5.74) is 0.745. The Morgan fingerprint density at radius 2 is 2.04 bits per heavy atom. The Bertz CT molecular complexity index is 859. The van der Waals surface area contributed by atoms with Crippen LogP contribution in [0.4, 0.5) is 0 Å². The Morgan fingerprint density at radius 1 is 1.25 bits per heavy atom. The maximum Gasteiger partial charge on any atom is 0.272 e. The molecule has 0 radical (unpaired) electrons. The maximum atomic E-state index is 12.2. The topological polar surface area (TPSA) is 97.1 Å². The molecule has 2 aromatic rings. The average Bonchev–Trinajstić information content (AvgIpc) is 2.70. The van der Waals surface area contributed by atoms with Crippen molar-refractivity contribution < 1.29 is 14.3 Å². The molecule has 1 N–H and O–H groups in total. The van der Waals surface area contributed by atoms with Crippen LogP contribution >= 0.6 is 11.6 Å². The molecule has 1 aromatic carbocycles. The largest absolute Gasteiger partial charge is 0.492 e. The van der Waals surface area contributed by atoms with Gasteiger partial charge >= 0.3 is 0 Å². The highest BCUT2D eigenvalue weighted by molar-refractivity contribution is 6.29. The van der Waals surface area contributed by atoms with Gasteiger partial charge in [0.15, 0.2) is 10.8 Å². The summed E-state index contributed by atoms with van der Waals surface area (Å²) >= 11 is 5.69. The standard InChI is InChI=1S/C20H21ClN4O3/c1-2-27-18-11-16(6-3-13(18)12-22)28-15-7-4-14(5-8-15)23-20(26)17-9-10-19(21)25-24-17/h3,6,9-11,14-15H,2,4-5,7-8H2,1H3,(H,23,26)/t14-,15-. The van der Waals surface area contributed by atoms with E-state index >= 15 is 0 Å². The lowest BCUT2D eigenvalue weighted by atomic mass is 9.92. The highest BCUT2D eigenvalue weighted by Gasteiger charge is 2.24. The number of halogens is 1. The molecule has 1 saturated carbocycles. The molecule has 7 nitrogen and oxygen atoms in total. The third-order valence-electron chi connectivity index (χ3n) is 4.55. The minimum Gasteiger partial charge on any atom is -0.492 e. The molecular formula is C20H21ClN4O3. The lowest BCUT2D eigenvalue weighted by Crippen LogP contribution is -2.40. The summed E-state index contributed by atoms with van der Waals surface area (Å²) < 4.78 is 11.6. The number of nitrogens with one attached hydrogen (secondary N) is 1. The number of carbonyl (C=O) groups is 1. The van der Waals surface area contributed by atoms with Gasteiger partial charge in [-0.25, -0.2) is 0 Å². The Balaban J connectivity index is 1.51. The second-order valence-electron chi connectivity index (χ2n) is 6.51. The number of carbonyl (C=O) groups excluding carboxylic acids is 1. The molecule has 28 heavy (non-hydrogen) atoms. The van der Waals surface area contributed by atoms with Crippen LogP contribution in [-0.4, -0.2) is 34.9 Å². The van der Waals surface area contributed by atoms with E-state index in [1.807, 2.05) is 6.92 Å². The first-order chi connectivity index (χ1) is 13.6. The van der Waals surface area contributed by atoms with Crippen molar-refractivity contribution in [3.05, 3.63) is 46.7 Å². The number of ether oxygens (including phenoxy) is 2. The fourth-order valence-electron chi connectivity index (χ4n) is 3.16. The first-order valence-electron chi connectivity index (χ1n) is 9.22. The van der Waals surface area contributed by atoms with Crippen LogP contribution in [0.3, 0.4) is 0 Å². The van der Waals surface area contributed by atoms with Crippen LogP contribution in [0.15, 0.2) is 30.3 Å². The molecule has 0 saturated heterocycles. The van der Waals surface area contributed by atoms with Crippen molar-refractivity contribution in [3.63, 3.8) is 0 Å². The normalized spacial score (nSPS) is 18.8. The molecule has 0 atom stereocenters. The second-order valence-corrected chi connectivity index (χ2v) is 6.90. The van der Waals surface area contributed by atoms with Crippen LogP contribution in [-0.2, 0) is 0 Å². The number of rotatable bonds is 6. The van der Waals surface area contributed by atoms with Gasteiger partial charge in [0.25, 0.3) is 5.91 Å². The number of nitriles is 1. The van der Waals surface area contributed by atoms with Crippen LogP contribution in [0, 0.1) is 11.3 Å². The highest BCUT2D eigenvalue weighted by Crippen LogP contribution is 2.28. The smallest absolute Gasteiger partial charge is 0.272 e. The monoisotopic (exact) mass is 400 g/mol. The highest BCUT2D eigenvalue weighted by atomic mass is 35.5. The zero-order chi connectivity index (χ0) is 19.9. The predicted octanol–water partition coefficient (Wildman–Crippen LogP) is 3.52. The van der Waals surface area contributed by atoms with Crippen molar-refractivity contribution in [2.24, 2.45) is 0 Å². The fourth-order valence-corrected chi connectivity index (χ4v) is 3.26. The van der Waals surface area contributed by atoms with Gasteiger partial charge in [0.05, 0.1) is 18.3 Å². The van der Waals surface area contributed by atoms with Gasteiger partial charge in [-0.05, 0) is 56.9 Å². The molecule has 146 valence electrons. The lowest BCUT2D eigenvalue weighted by molar-refractivity contribution is 0.0887. The lowest BCUT2D eigenvalue weighted by Gasteiger charge is -2.29. The minimum atomic E-state index is -0.248. The van der Waals surface area contributed by atoms with Gasteiger partial charge in [-0.2, -0.15) is 5.26 Å². The quantitative estimate of drug-likeness (QED) is 0.796.